The van der Waals surface area contributed by atoms with Crippen molar-refractivity contribution < 1.29 is 4.42 Å². The molecule has 0 amide bonds. The molecule has 1 aliphatic heterocycles. The molecule has 5 nitrogen and oxygen atoms in total. The smallest absolute Gasteiger partial charge is 0.211 e. The molecule has 0 saturated heterocycles. The van der Waals surface area contributed by atoms with Crippen LogP contribution in [0.1, 0.15) is 37.6 Å². The standard InChI is InChI=1S/C25H28N4O/c1-16-11-12-21-22(19-9-7-8-10-20(19)30-21)23(16)25(4,5)29-14-13-28(18(29)3)24-26-15-17(2)27(24)6/h7-15,18H,1-6H3/t18-/m1/s1. The summed E-state index contributed by atoms with van der Waals surface area (Å²) in [6.45, 7) is 11.1. The number of para-hydroxylation sites is 1. The van der Waals surface area contributed by atoms with Gasteiger partial charge in [0, 0.05) is 35.9 Å². The Morgan fingerprint density at radius 2 is 1.77 bits per heavy atom. The van der Waals surface area contributed by atoms with Crippen LogP contribution in [0.25, 0.3) is 21.9 Å². The molecule has 0 unspecified atom stereocenters. The van der Waals surface area contributed by atoms with E-state index in [0.29, 0.717) is 0 Å². The molecule has 0 radical (unpaired) electrons. The van der Waals surface area contributed by atoms with Gasteiger partial charge in [0.05, 0.1) is 11.7 Å². The molecule has 154 valence electrons. The highest BCUT2D eigenvalue weighted by atomic mass is 16.3. The third-order valence-corrected chi connectivity index (χ3v) is 6.63. The van der Waals surface area contributed by atoms with Crippen molar-refractivity contribution in [1.82, 2.24) is 14.5 Å². The van der Waals surface area contributed by atoms with Crippen molar-refractivity contribution in [2.75, 3.05) is 4.90 Å². The first-order valence-corrected chi connectivity index (χ1v) is 10.5. The van der Waals surface area contributed by atoms with Crippen molar-refractivity contribution in [2.45, 2.75) is 46.3 Å². The highest BCUT2D eigenvalue weighted by molar-refractivity contribution is 6.07. The topological polar surface area (TPSA) is 37.4 Å². The molecule has 5 heteroatoms. The van der Waals surface area contributed by atoms with Gasteiger partial charge in [-0.05, 0) is 57.9 Å². The Hall–Kier alpha value is -3.21. The minimum absolute atomic E-state index is 0.133. The Morgan fingerprint density at radius 1 is 1.00 bits per heavy atom. The lowest BCUT2D eigenvalue weighted by molar-refractivity contribution is 0.153. The maximum atomic E-state index is 6.18. The van der Waals surface area contributed by atoms with E-state index in [1.165, 1.54) is 21.9 Å². The van der Waals surface area contributed by atoms with E-state index in [1.807, 2.05) is 18.3 Å². The summed E-state index contributed by atoms with van der Waals surface area (Å²) in [5, 5.41) is 2.38. The first-order chi connectivity index (χ1) is 14.3. The Labute approximate surface area is 177 Å². The summed E-state index contributed by atoms with van der Waals surface area (Å²) in [6, 6.07) is 12.6. The third kappa shape index (κ3) is 2.51. The summed E-state index contributed by atoms with van der Waals surface area (Å²) in [5.74, 6) is 0.957. The summed E-state index contributed by atoms with van der Waals surface area (Å²) in [5.41, 5.74) is 5.35. The quantitative estimate of drug-likeness (QED) is 0.435. The first kappa shape index (κ1) is 18.8. The lowest BCUT2D eigenvalue weighted by Gasteiger charge is -2.42. The fourth-order valence-corrected chi connectivity index (χ4v) is 4.97. The van der Waals surface area contributed by atoms with Crippen molar-refractivity contribution in [3.05, 3.63) is 71.8 Å². The van der Waals surface area contributed by atoms with Crippen molar-refractivity contribution in [1.29, 1.82) is 0 Å². The molecule has 2 aromatic heterocycles. The number of aryl methyl sites for hydroxylation is 2. The molecular formula is C25H28N4O. The lowest BCUT2D eigenvalue weighted by atomic mass is 9.85. The van der Waals surface area contributed by atoms with Crippen molar-refractivity contribution in [2.24, 2.45) is 7.05 Å². The number of benzene rings is 2. The number of furan rings is 1. The predicted molar refractivity (Wildman–Crippen MR) is 122 cm³/mol. The van der Waals surface area contributed by atoms with Gasteiger partial charge >= 0.3 is 0 Å². The zero-order chi connectivity index (χ0) is 21.2. The van der Waals surface area contributed by atoms with Crippen LogP contribution >= 0.6 is 0 Å². The van der Waals surface area contributed by atoms with Gasteiger partial charge in [0.2, 0.25) is 5.95 Å². The number of hydrogen-bond donors (Lipinski definition) is 0. The lowest BCUT2D eigenvalue weighted by Crippen LogP contribution is -2.47. The molecule has 0 N–H and O–H groups in total. The van der Waals surface area contributed by atoms with E-state index in [1.54, 1.807) is 0 Å². The largest absolute Gasteiger partial charge is 0.456 e. The van der Waals surface area contributed by atoms with Crippen LogP contribution in [0, 0.1) is 13.8 Å². The fraction of sp³-hybridized carbons (Fsp3) is 0.320. The number of aromatic nitrogens is 2. The normalized spacial score (nSPS) is 17.1. The summed E-state index contributed by atoms with van der Waals surface area (Å²) >= 11 is 0. The van der Waals surface area contributed by atoms with Crippen LogP contribution in [-0.4, -0.2) is 20.6 Å². The summed E-state index contributed by atoms with van der Waals surface area (Å²) in [4.78, 5) is 9.28. The number of fused-ring (bicyclic) bond motifs is 3. The van der Waals surface area contributed by atoms with Gasteiger partial charge in [-0.3, -0.25) is 4.90 Å². The molecule has 1 atom stereocenters. The van der Waals surface area contributed by atoms with Gasteiger partial charge in [0.25, 0.3) is 0 Å². The van der Waals surface area contributed by atoms with Crippen molar-refractivity contribution in [3.8, 4) is 0 Å². The number of rotatable bonds is 3. The predicted octanol–water partition coefficient (Wildman–Crippen LogP) is 5.81. The summed E-state index contributed by atoms with van der Waals surface area (Å²) in [6.07, 6.45) is 6.38. The van der Waals surface area contributed by atoms with Gasteiger partial charge in [0.1, 0.15) is 17.3 Å². The number of nitrogens with zero attached hydrogens (tertiary/aromatic N) is 4. The molecule has 0 saturated carbocycles. The van der Waals surface area contributed by atoms with Crippen molar-refractivity contribution >= 4 is 27.9 Å². The molecule has 0 fully saturated rings. The van der Waals surface area contributed by atoms with Gasteiger partial charge in [-0.25, -0.2) is 4.98 Å². The molecular weight excluding hydrogens is 372 g/mol. The molecule has 0 bridgehead atoms. The highest BCUT2D eigenvalue weighted by Crippen LogP contribution is 2.43. The van der Waals surface area contributed by atoms with E-state index in [4.69, 9.17) is 4.42 Å². The van der Waals surface area contributed by atoms with Gasteiger partial charge < -0.3 is 13.9 Å². The van der Waals surface area contributed by atoms with Crippen LogP contribution in [0.3, 0.4) is 0 Å². The molecule has 0 aliphatic carbocycles. The second kappa shape index (κ2) is 6.39. The monoisotopic (exact) mass is 400 g/mol. The van der Waals surface area contributed by atoms with Gasteiger partial charge in [-0.2, -0.15) is 0 Å². The van der Waals surface area contributed by atoms with E-state index < -0.39 is 0 Å². The van der Waals surface area contributed by atoms with Crippen LogP contribution in [0.5, 0.6) is 0 Å². The maximum absolute atomic E-state index is 6.18. The Bertz CT molecular complexity index is 1290. The van der Waals surface area contributed by atoms with Crippen LogP contribution in [0.4, 0.5) is 5.95 Å². The van der Waals surface area contributed by atoms with Crippen LogP contribution < -0.4 is 4.90 Å². The molecule has 2 aromatic carbocycles. The third-order valence-electron chi connectivity index (χ3n) is 6.63. The number of anilines is 1. The zero-order valence-electron chi connectivity index (χ0n) is 18.5. The van der Waals surface area contributed by atoms with E-state index in [-0.39, 0.29) is 11.7 Å². The van der Waals surface area contributed by atoms with Crippen LogP contribution in [0.15, 0.2) is 59.4 Å². The molecule has 4 aromatic rings. The molecule has 1 aliphatic rings. The van der Waals surface area contributed by atoms with Crippen LogP contribution in [0.2, 0.25) is 0 Å². The van der Waals surface area contributed by atoms with E-state index in [2.05, 4.69) is 97.7 Å². The van der Waals surface area contributed by atoms with Crippen molar-refractivity contribution in [3.63, 3.8) is 0 Å². The second-order valence-corrected chi connectivity index (χ2v) is 8.79. The zero-order valence-corrected chi connectivity index (χ0v) is 18.5. The number of imidazole rings is 1. The van der Waals surface area contributed by atoms with E-state index in [9.17, 15) is 0 Å². The molecule has 5 rings (SSSR count). The van der Waals surface area contributed by atoms with E-state index >= 15 is 0 Å². The second-order valence-electron chi connectivity index (χ2n) is 8.79. The summed E-state index contributed by atoms with van der Waals surface area (Å²) < 4.78 is 8.31. The number of hydrogen-bond acceptors (Lipinski definition) is 4. The molecule has 0 spiro atoms. The Kier molecular flexibility index (Phi) is 4.01. The highest BCUT2D eigenvalue weighted by Gasteiger charge is 2.39. The van der Waals surface area contributed by atoms with E-state index in [0.717, 1.165) is 22.8 Å². The SMILES string of the molecule is Cc1ccc2oc3ccccc3c2c1C(C)(C)N1C=CN(c2ncc(C)n2C)[C@H]1C. The van der Waals surface area contributed by atoms with Gasteiger partial charge in [0.15, 0.2) is 0 Å². The first-order valence-electron chi connectivity index (χ1n) is 10.5. The average molecular weight is 401 g/mol. The maximum Gasteiger partial charge on any atom is 0.211 e. The molecule has 30 heavy (non-hydrogen) atoms. The van der Waals surface area contributed by atoms with Gasteiger partial charge in [-0.1, -0.05) is 24.3 Å². The Morgan fingerprint density at radius 3 is 2.50 bits per heavy atom. The fourth-order valence-electron chi connectivity index (χ4n) is 4.97. The summed E-state index contributed by atoms with van der Waals surface area (Å²) in [7, 11) is 2.06. The minimum Gasteiger partial charge on any atom is -0.456 e. The van der Waals surface area contributed by atoms with Gasteiger partial charge in [-0.15, -0.1) is 0 Å². The minimum atomic E-state index is -0.249. The molecule has 3 heterocycles. The van der Waals surface area contributed by atoms with Crippen LogP contribution in [-0.2, 0) is 12.6 Å². The Balaban J connectivity index is 1.64. The average Bonchev–Trinajstić information content (AvgIpc) is 3.38.